The van der Waals surface area contributed by atoms with E-state index in [0.29, 0.717) is 5.69 Å². The van der Waals surface area contributed by atoms with E-state index in [1.165, 1.54) is 19.1 Å². The number of H-pyrrole nitrogens is 1. The average Bonchev–Trinajstić information content (AvgIpc) is 2.76. The van der Waals surface area contributed by atoms with Crippen molar-refractivity contribution in [1.29, 1.82) is 0 Å². The Bertz CT molecular complexity index is 701. The van der Waals surface area contributed by atoms with Crippen molar-refractivity contribution in [2.24, 2.45) is 0 Å². The molecule has 0 bridgehead atoms. The Hall–Kier alpha value is -2.29. The van der Waals surface area contributed by atoms with Gasteiger partial charge in [0.1, 0.15) is 11.5 Å². The quantitative estimate of drug-likeness (QED) is 0.661. The summed E-state index contributed by atoms with van der Waals surface area (Å²) in [6.07, 6.45) is 0. The third-order valence-electron chi connectivity index (χ3n) is 2.49. The van der Waals surface area contributed by atoms with Gasteiger partial charge in [-0.1, -0.05) is 0 Å². The van der Waals surface area contributed by atoms with E-state index in [2.05, 4.69) is 31.4 Å². The van der Waals surface area contributed by atoms with Crippen LogP contribution in [0.4, 0.5) is 15.8 Å². The molecule has 0 fully saturated rings. The predicted molar refractivity (Wildman–Crippen MR) is 72.0 cm³/mol. The molecule has 0 unspecified atom stereocenters. The Labute approximate surface area is 120 Å². The first-order chi connectivity index (χ1) is 9.40. The normalized spacial score (nSPS) is 10.3. The smallest absolute Gasteiger partial charge is 0.320 e. The highest BCUT2D eigenvalue weighted by molar-refractivity contribution is 9.10. The molecule has 2 rings (SSSR count). The van der Waals surface area contributed by atoms with Crippen LogP contribution < -0.4 is 5.32 Å². The second-order valence-electron chi connectivity index (χ2n) is 3.89. The van der Waals surface area contributed by atoms with Crippen LogP contribution in [0.2, 0.25) is 0 Å². The molecule has 0 aliphatic heterocycles. The van der Waals surface area contributed by atoms with Crippen LogP contribution in [-0.2, 0) is 0 Å². The average molecular weight is 343 g/mol. The SMILES string of the molecule is Cc1[nH]nc(C(=O)Nc2ccc(F)c(Br)c2)c1[N+](=O)[O-]. The monoisotopic (exact) mass is 342 g/mol. The van der Waals surface area contributed by atoms with E-state index < -0.39 is 16.6 Å². The zero-order chi connectivity index (χ0) is 14.9. The summed E-state index contributed by atoms with van der Waals surface area (Å²) >= 11 is 2.98. The molecule has 0 radical (unpaired) electrons. The molecule has 0 spiro atoms. The number of hydrogen-bond acceptors (Lipinski definition) is 4. The van der Waals surface area contributed by atoms with Crippen molar-refractivity contribution in [2.45, 2.75) is 6.92 Å². The third-order valence-corrected chi connectivity index (χ3v) is 3.10. The van der Waals surface area contributed by atoms with Crippen LogP contribution in [0.15, 0.2) is 22.7 Å². The molecule has 1 amide bonds. The van der Waals surface area contributed by atoms with Gasteiger partial charge in [0.25, 0.3) is 5.91 Å². The molecule has 2 N–H and O–H groups in total. The fourth-order valence-electron chi connectivity index (χ4n) is 1.57. The maximum atomic E-state index is 13.1. The fraction of sp³-hybridized carbons (Fsp3) is 0.0909. The van der Waals surface area contributed by atoms with Crippen molar-refractivity contribution in [1.82, 2.24) is 10.2 Å². The van der Waals surface area contributed by atoms with Crippen LogP contribution in [0.3, 0.4) is 0 Å². The lowest BCUT2D eigenvalue weighted by Gasteiger charge is -2.04. The summed E-state index contributed by atoms with van der Waals surface area (Å²) in [5.41, 5.74) is -0.240. The molecule has 0 atom stereocenters. The molecule has 1 aromatic carbocycles. The lowest BCUT2D eigenvalue weighted by Crippen LogP contribution is -2.14. The summed E-state index contributed by atoms with van der Waals surface area (Å²) in [4.78, 5) is 22.1. The molecule has 9 heteroatoms. The maximum Gasteiger partial charge on any atom is 0.322 e. The number of carbonyl (C=O) groups is 1. The van der Waals surface area contributed by atoms with E-state index in [4.69, 9.17) is 0 Å². The number of nitrogens with one attached hydrogen (secondary N) is 2. The van der Waals surface area contributed by atoms with Crippen molar-refractivity contribution in [3.8, 4) is 0 Å². The Morgan fingerprint density at radius 3 is 2.85 bits per heavy atom. The molecule has 0 aliphatic rings. The second-order valence-corrected chi connectivity index (χ2v) is 4.74. The standard InChI is InChI=1S/C11H8BrFN4O3/c1-5-10(17(19)20)9(16-15-5)11(18)14-6-2-3-8(13)7(12)4-6/h2-4H,1H3,(H,14,18)(H,15,16). The summed E-state index contributed by atoms with van der Waals surface area (Å²) in [6.45, 7) is 1.44. The Morgan fingerprint density at radius 1 is 1.55 bits per heavy atom. The van der Waals surface area contributed by atoms with Crippen molar-refractivity contribution in [3.63, 3.8) is 0 Å². The molecule has 1 aromatic heterocycles. The number of aromatic nitrogens is 2. The van der Waals surface area contributed by atoms with Gasteiger partial charge in [-0.25, -0.2) is 4.39 Å². The number of amides is 1. The minimum Gasteiger partial charge on any atom is -0.320 e. The number of halogens is 2. The van der Waals surface area contributed by atoms with Gasteiger partial charge < -0.3 is 5.32 Å². The van der Waals surface area contributed by atoms with Gasteiger partial charge in [-0.3, -0.25) is 20.0 Å². The van der Waals surface area contributed by atoms with E-state index in [9.17, 15) is 19.3 Å². The summed E-state index contributed by atoms with van der Waals surface area (Å²) in [7, 11) is 0. The van der Waals surface area contributed by atoms with Crippen LogP contribution in [-0.4, -0.2) is 21.0 Å². The van der Waals surface area contributed by atoms with Crippen LogP contribution in [0.25, 0.3) is 0 Å². The van der Waals surface area contributed by atoms with E-state index in [0.717, 1.165) is 6.07 Å². The lowest BCUT2D eigenvalue weighted by atomic mass is 10.2. The van der Waals surface area contributed by atoms with E-state index in [-0.39, 0.29) is 21.5 Å². The molecule has 0 saturated carbocycles. The molecule has 0 aliphatic carbocycles. The minimum absolute atomic E-state index is 0.169. The fourth-order valence-corrected chi connectivity index (χ4v) is 1.95. The molecule has 104 valence electrons. The second kappa shape index (κ2) is 5.37. The number of aryl methyl sites for hydroxylation is 1. The van der Waals surface area contributed by atoms with E-state index in [1.54, 1.807) is 0 Å². The van der Waals surface area contributed by atoms with Gasteiger partial charge in [0.2, 0.25) is 5.69 Å². The summed E-state index contributed by atoms with van der Waals surface area (Å²) in [5, 5.41) is 19.3. The molecular weight excluding hydrogens is 335 g/mol. The summed E-state index contributed by atoms with van der Waals surface area (Å²) in [6, 6.07) is 3.84. The highest BCUT2D eigenvalue weighted by Crippen LogP contribution is 2.23. The summed E-state index contributed by atoms with van der Waals surface area (Å²) in [5.74, 6) is -1.23. The third kappa shape index (κ3) is 2.67. The van der Waals surface area contributed by atoms with Gasteiger partial charge in [0, 0.05) is 5.69 Å². The van der Waals surface area contributed by atoms with Crippen LogP contribution in [0.5, 0.6) is 0 Å². The Balaban J connectivity index is 2.28. The number of carbonyl (C=O) groups excluding carboxylic acids is 1. The van der Waals surface area contributed by atoms with Gasteiger partial charge in [-0.2, -0.15) is 5.10 Å². The Kier molecular flexibility index (Phi) is 3.79. The molecule has 0 saturated heterocycles. The molecule has 7 nitrogen and oxygen atoms in total. The first-order valence-corrected chi connectivity index (χ1v) is 6.15. The highest BCUT2D eigenvalue weighted by Gasteiger charge is 2.27. The topological polar surface area (TPSA) is 101 Å². The predicted octanol–water partition coefficient (Wildman–Crippen LogP) is 2.78. The minimum atomic E-state index is -0.750. The van der Waals surface area contributed by atoms with Crippen molar-refractivity contribution in [2.75, 3.05) is 5.32 Å². The van der Waals surface area contributed by atoms with Gasteiger partial charge in [-0.15, -0.1) is 0 Å². The van der Waals surface area contributed by atoms with E-state index >= 15 is 0 Å². The number of nitro groups is 1. The molecule has 20 heavy (non-hydrogen) atoms. The summed E-state index contributed by atoms with van der Waals surface area (Å²) < 4.78 is 13.2. The van der Waals surface area contributed by atoms with Gasteiger partial charge >= 0.3 is 5.69 Å². The van der Waals surface area contributed by atoms with E-state index in [1.807, 2.05) is 0 Å². The zero-order valence-electron chi connectivity index (χ0n) is 10.1. The molecular formula is C11H8BrFN4O3. The number of hydrogen-bond donors (Lipinski definition) is 2. The number of aromatic amines is 1. The van der Waals surface area contributed by atoms with Crippen LogP contribution >= 0.6 is 15.9 Å². The number of anilines is 1. The van der Waals surface area contributed by atoms with Gasteiger partial charge in [-0.05, 0) is 41.1 Å². The van der Waals surface area contributed by atoms with Crippen LogP contribution in [0, 0.1) is 22.9 Å². The number of rotatable bonds is 3. The first-order valence-electron chi connectivity index (χ1n) is 5.36. The highest BCUT2D eigenvalue weighted by atomic mass is 79.9. The van der Waals surface area contributed by atoms with Crippen molar-refractivity contribution in [3.05, 3.63) is 50.0 Å². The van der Waals surface area contributed by atoms with Gasteiger partial charge in [0.05, 0.1) is 9.40 Å². The number of nitrogens with zero attached hydrogens (tertiary/aromatic N) is 2. The Morgan fingerprint density at radius 2 is 2.25 bits per heavy atom. The van der Waals surface area contributed by atoms with Gasteiger partial charge in [0.15, 0.2) is 0 Å². The maximum absolute atomic E-state index is 13.1. The molecule has 2 aromatic rings. The van der Waals surface area contributed by atoms with Crippen molar-refractivity contribution < 1.29 is 14.1 Å². The molecule has 1 heterocycles. The largest absolute Gasteiger partial charge is 0.322 e. The lowest BCUT2D eigenvalue weighted by molar-refractivity contribution is -0.385. The first kappa shape index (κ1) is 14.1. The number of benzene rings is 1. The van der Waals surface area contributed by atoms with Crippen LogP contribution in [0.1, 0.15) is 16.2 Å². The zero-order valence-corrected chi connectivity index (χ0v) is 11.7. The van der Waals surface area contributed by atoms with Crippen molar-refractivity contribution >= 4 is 33.2 Å².